The number of halogens is 1. The number of anilines is 1. The van der Waals surface area contributed by atoms with Crippen LogP contribution in [0.2, 0.25) is 5.02 Å². The van der Waals surface area contributed by atoms with Gasteiger partial charge in [0.15, 0.2) is 0 Å². The van der Waals surface area contributed by atoms with Crippen LogP contribution in [0.1, 0.15) is 31.9 Å². The number of nitrogens with one attached hydrogen (secondary N) is 2. The van der Waals surface area contributed by atoms with Gasteiger partial charge in [-0.3, -0.25) is 14.3 Å². The Labute approximate surface area is 127 Å². The molecule has 0 saturated heterocycles. The summed E-state index contributed by atoms with van der Waals surface area (Å²) in [5, 5.41) is 3.76. The molecule has 0 bridgehead atoms. The number of hydrogen-bond acceptors (Lipinski definition) is 3. The summed E-state index contributed by atoms with van der Waals surface area (Å²) in [5.74, 6) is 0.407. The summed E-state index contributed by atoms with van der Waals surface area (Å²) in [5.41, 5.74) is 0.271. The van der Waals surface area contributed by atoms with Crippen molar-refractivity contribution in [2.24, 2.45) is 0 Å². The van der Waals surface area contributed by atoms with Crippen LogP contribution in [0, 0.1) is 0 Å². The van der Waals surface area contributed by atoms with Gasteiger partial charge in [0.1, 0.15) is 5.82 Å². The highest BCUT2D eigenvalue weighted by Gasteiger charge is 2.08. The average Bonchev–Trinajstić information content (AvgIpc) is 2.43. The standard InChI is InChI=1S/C15H18ClN3O2/c1-3-7-19-14(20)9-13(18-15(19)21)17-10(2)11-5-4-6-12(16)8-11/h4-6,8-10,17H,3,7H2,1-2H3,(H,18,21)/t10-/m0/s1. The Hall–Kier alpha value is -2.01. The number of nitrogens with zero attached hydrogens (tertiary/aromatic N) is 1. The van der Waals surface area contributed by atoms with E-state index in [0.29, 0.717) is 17.4 Å². The molecule has 5 nitrogen and oxygen atoms in total. The number of rotatable bonds is 5. The topological polar surface area (TPSA) is 66.9 Å². The van der Waals surface area contributed by atoms with E-state index in [1.807, 2.05) is 32.0 Å². The molecule has 0 amide bonds. The second-order valence-electron chi connectivity index (χ2n) is 4.90. The van der Waals surface area contributed by atoms with E-state index in [4.69, 9.17) is 11.6 Å². The molecule has 112 valence electrons. The van der Waals surface area contributed by atoms with Crippen LogP contribution in [0.15, 0.2) is 39.9 Å². The largest absolute Gasteiger partial charge is 0.365 e. The molecule has 1 heterocycles. The van der Waals surface area contributed by atoms with Crippen molar-refractivity contribution in [3.8, 4) is 0 Å². The molecule has 21 heavy (non-hydrogen) atoms. The summed E-state index contributed by atoms with van der Waals surface area (Å²) in [6.07, 6.45) is 0.731. The van der Waals surface area contributed by atoms with Crippen LogP contribution < -0.4 is 16.6 Å². The maximum Gasteiger partial charge on any atom is 0.329 e. The lowest BCUT2D eigenvalue weighted by Gasteiger charge is -2.16. The van der Waals surface area contributed by atoms with Crippen LogP contribution in [0.4, 0.5) is 5.82 Å². The predicted molar refractivity (Wildman–Crippen MR) is 85.1 cm³/mol. The zero-order valence-corrected chi connectivity index (χ0v) is 12.8. The predicted octanol–water partition coefficient (Wildman–Crippen LogP) is 2.77. The fourth-order valence-corrected chi connectivity index (χ4v) is 2.32. The zero-order chi connectivity index (χ0) is 15.4. The Morgan fingerprint density at radius 3 is 2.71 bits per heavy atom. The number of H-pyrrole nitrogens is 1. The Balaban J connectivity index is 2.24. The fraction of sp³-hybridized carbons (Fsp3) is 0.333. The molecule has 0 radical (unpaired) electrons. The van der Waals surface area contributed by atoms with Gasteiger partial charge in [0.2, 0.25) is 0 Å². The Morgan fingerprint density at radius 2 is 2.10 bits per heavy atom. The second-order valence-corrected chi connectivity index (χ2v) is 5.34. The molecule has 0 saturated carbocycles. The summed E-state index contributed by atoms with van der Waals surface area (Å²) < 4.78 is 1.19. The lowest BCUT2D eigenvalue weighted by molar-refractivity contribution is 0.615. The fourth-order valence-electron chi connectivity index (χ4n) is 2.13. The van der Waals surface area contributed by atoms with Gasteiger partial charge in [0.25, 0.3) is 5.56 Å². The Kier molecular flexibility index (Phi) is 4.85. The van der Waals surface area contributed by atoms with E-state index >= 15 is 0 Å². The molecule has 0 aliphatic heterocycles. The van der Waals surface area contributed by atoms with Crippen molar-refractivity contribution in [1.82, 2.24) is 9.55 Å². The van der Waals surface area contributed by atoms with Gasteiger partial charge >= 0.3 is 5.69 Å². The van der Waals surface area contributed by atoms with E-state index in [-0.39, 0.29) is 11.6 Å². The molecule has 2 aromatic rings. The van der Waals surface area contributed by atoms with E-state index in [9.17, 15) is 9.59 Å². The van der Waals surface area contributed by atoms with Gasteiger partial charge in [-0.25, -0.2) is 4.79 Å². The molecule has 1 aromatic heterocycles. The molecular formula is C15H18ClN3O2. The summed E-state index contributed by atoms with van der Waals surface area (Å²) in [6, 6.07) is 8.75. The summed E-state index contributed by atoms with van der Waals surface area (Å²) in [4.78, 5) is 26.5. The molecule has 1 atom stereocenters. The highest BCUT2D eigenvalue weighted by atomic mass is 35.5. The zero-order valence-electron chi connectivity index (χ0n) is 12.0. The SMILES string of the molecule is CCCn1c(=O)cc(N[C@@H](C)c2cccc(Cl)c2)[nH]c1=O. The Bertz CT molecular complexity index is 705. The number of benzene rings is 1. The third kappa shape index (κ3) is 3.76. The first-order valence-electron chi connectivity index (χ1n) is 6.87. The van der Waals surface area contributed by atoms with Gasteiger partial charge in [0, 0.05) is 23.7 Å². The van der Waals surface area contributed by atoms with Crippen molar-refractivity contribution in [3.05, 3.63) is 61.8 Å². The number of hydrogen-bond donors (Lipinski definition) is 2. The molecule has 0 fully saturated rings. The van der Waals surface area contributed by atoms with Crippen LogP contribution in [-0.2, 0) is 6.54 Å². The van der Waals surface area contributed by atoms with Crippen molar-refractivity contribution < 1.29 is 0 Å². The van der Waals surface area contributed by atoms with Crippen molar-refractivity contribution in [1.29, 1.82) is 0 Å². The molecule has 0 spiro atoms. The van der Waals surface area contributed by atoms with E-state index in [1.165, 1.54) is 10.6 Å². The third-order valence-electron chi connectivity index (χ3n) is 3.19. The molecule has 0 aliphatic rings. The van der Waals surface area contributed by atoms with Crippen molar-refractivity contribution in [2.45, 2.75) is 32.9 Å². The average molecular weight is 308 g/mol. The first-order valence-corrected chi connectivity index (χ1v) is 7.25. The van der Waals surface area contributed by atoms with E-state index < -0.39 is 5.69 Å². The highest BCUT2D eigenvalue weighted by Crippen LogP contribution is 2.19. The normalized spacial score (nSPS) is 12.1. The minimum absolute atomic E-state index is 0.0826. The first kappa shape index (κ1) is 15.4. The molecule has 1 aromatic carbocycles. The van der Waals surface area contributed by atoms with Gasteiger partial charge in [0.05, 0.1) is 0 Å². The van der Waals surface area contributed by atoms with Crippen molar-refractivity contribution in [3.63, 3.8) is 0 Å². The summed E-state index contributed by atoms with van der Waals surface area (Å²) in [6.45, 7) is 4.26. The van der Waals surface area contributed by atoms with Crippen LogP contribution in [0.25, 0.3) is 0 Å². The van der Waals surface area contributed by atoms with Crippen LogP contribution in [0.3, 0.4) is 0 Å². The van der Waals surface area contributed by atoms with Crippen LogP contribution in [0.5, 0.6) is 0 Å². The van der Waals surface area contributed by atoms with Crippen molar-refractivity contribution >= 4 is 17.4 Å². The lowest BCUT2D eigenvalue weighted by atomic mass is 10.1. The maximum atomic E-state index is 11.9. The van der Waals surface area contributed by atoms with Gasteiger partial charge in [-0.1, -0.05) is 30.7 Å². The van der Waals surface area contributed by atoms with Gasteiger partial charge in [-0.05, 0) is 31.0 Å². The van der Waals surface area contributed by atoms with Gasteiger partial charge in [-0.15, -0.1) is 0 Å². The van der Waals surface area contributed by atoms with Crippen LogP contribution >= 0.6 is 11.6 Å². The van der Waals surface area contributed by atoms with Crippen LogP contribution in [-0.4, -0.2) is 9.55 Å². The first-order chi connectivity index (χ1) is 10.0. The molecule has 6 heteroatoms. The highest BCUT2D eigenvalue weighted by molar-refractivity contribution is 6.30. The summed E-state index contributed by atoms with van der Waals surface area (Å²) >= 11 is 5.96. The van der Waals surface area contributed by atoms with E-state index in [0.717, 1.165) is 12.0 Å². The summed E-state index contributed by atoms with van der Waals surface area (Å²) in [7, 11) is 0. The second kappa shape index (κ2) is 6.63. The molecule has 2 rings (SSSR count). The number of aromatic nitrogens is 2. The molecule has 2 N–H and O–H groups in total. The van der Waals surface area contributed by atoms with E-state index in [1.54, 1.807) is 6.07 Å². The minimum atomic E-state index is -0.398. The van der Waals surface area contributed by atoms with Gasteiger partial charge < -0.3 is 5.32 Å². The van der Waals surface area contributed by atoms with Crippen molar-refractivity contribution in [2.75, 3.05) is 5.32 Å². The number of aromatic amines is 1. The Morgan fingerprint density at radius 1 is 1.33 bits per heavy atom. The quantitative estimate of drug-likeness (QED) is 0.892. The third-order valence-corrected chi connectivity index (χ3v) is 3.42. The lowest BCUT2D eigenvalue weighted by Crippen LogP contribution is -2.35. The van der Waals surface area contributed by atoms with E-state index in [2.05, 4.69) is 10.3 Å². The smallest absolute Gasteiger partial charge is 0.329 e. The molecular weight excluding hydrogens is 290 g/mol. The maximum absolute atomic E-state index is 11.9. The monoisotopic (exact) mass is 307 g/mol. The molecule has 0 aliphatic carbocycles. The van der Waals surface area contributed by atoms with Gasteiger partial charge in [-0.2, -0.15) is 0 Å². The minimum Gasteiger partial charge on any atom is -0.365 e. The molecule has 0 unspecified atom stereocenters.